The molecule has 0 aromatic carbocycles. The Labute approximate surface area is 74.8 Å². The highest BCUT2D eigenvalue weighted by Crippen LogP contribution is 1.94. The first-order chi connectivity index (χ1) is 5.70. The summed E-state index contributed by atoms with van der Waals surface area (Å²) in [4.78, 5) is 0. The van der Waals surface area contributed by atoms with Crippen LogP contribution in [0.15, 0.2) is 0 Å². The van der Waals surface area contributed by atoms with E-state index in [2.05, 4.69) is 12.2 Å². The van der Waals surface area contributed by atoms with Crippen molar-refractivity contribution in [1.82, 2.24) is 5.32 Å². The molecule has 0 rings (SSSR count). The van der Waals surface area contributed by atoms with Gasteiger partial charge in [0.2, 0.25) is 0 Å². The minimum absolute atomic E-state index is 0.205. The van der Waals surface area contributed by atoms with Crippen molar-refractivity contribution in [2.24, 2.45) is 5.92 Å². The summed E-state index contributed by atoms with van der Waals surface area (Å²) in [5, 5.41) is 21.1. The van der Waals surface area contributed by atoms with Crippen LogP contribution in [0.3, 0.4) is 0 Å². The first-order valence-corrected chi connectivity index (χ1v) is 4.70. The summed E-state index contributed by atoms with van der Waals surface area (Å²) in [5.74, 6) is 0.277. The zero-order chi connectivity index (χ0) is 9.40. The van der Waals surface area contributed by atoms with E-state index in [1.807, 2.05) is 6.92 Å². The first kappa shape index (κ1) is 11.9. The van der Waals surface area contributed by atoms with Gasteiger partial charge in [0.15, 0.2) is 0 Å². The van der Waals surface area contributed by atoms with Crippen LogP contribution in [0.25, 0.3) is 0 Å². The molecule has 3 N–H and O–H groups in total. The molecule has 0 heterocycles. The Bertz CT molecular complexity index is 98.5. The van der Waals surface area contributed by atoms with Crippen LogP contribution in [0, 0.1) is 5.92 Å². The summed E-state index contributed by atoms with van der Waals surface area (Å²) < 4.78 is 0. The molecule has 0 aromatic rings. The van der Waals surface area contributed by atoms with Gasteiger partial charge >= 0.3 is 0 Å². The quantitative estimate of drug-likeness (QED) is 0.524. The van der Waals surface area contributed by atoms with Gasteiger partial charge < -0.3 is 15.5 Å². The summed E-state index contributed by atoms with van der Waals surface area (Å²) in [6, 6.07) is 0. The number of hydrogen-bond acceptors (Lipinski definition) is 3. The van der Waals surface area contributed by atoms with Crippen LogP contribution in [-0.4, -0.2) is 36.0 Å². The monoisotopic (exact) mass is 175 g/mol. The molecule has 0 amide bonds. The van der Waals surface area contributed by atoms with E-state index in [4.69, 9.17) is 5.11 Å². The van der Waals surface area contributed by atoms with E-state index < -0.39 is 0 Å². The largest absolute Gasteiger partial charge is 0.396 e. The summed E-state index contributed by atoms with van der Waals surface area (Å²) in [5.41, 5.74) is 0. The van der Waals surface area contributed by atoms with Crippen LogP contribution < -0.4 is 5.32 Å². The molecule has 74 valence electrons. The van der Waals surface area contributed by atoms with Crippen LogP contribution in [0.5, 0.6) is 0 Å². The van der Waals surface area contributed by atoms with E-state index in [1.165, 1.54) is 0 Å². The van der Waals surface area contributed by atoms with Crippen LogP contribution >= 0.6 is 0 Å². The molecule has 3 heteroatoms. The first-order valence-electron chi connectivity index (χ1n) is 4.70. The molecule has 0 saturated heterocycles. The third kappa shape index (κ3) is 6.58. The Morgan fingerprint density at radius 2 is 2.00 bits per heavy atom. The lowest BCUT2D eigenvalue weighted by molar-refractivity contribution is 0.155. The van der Waals surface area contributed by atoms with Crippen molar-refractivity contribution in [2.75, 3.05) is 19.7 Å². The molecule has 0 aliphatic rings. The molecular formula is C9H21NO2. The van der Waals surface area contributed by atoms with Crippen LogP contribution in [0.4, 0.5) is 0 Å². The van der Waals surface area contributed by atoms with Gasteiger partial charge in [0.1, 0.15) is 0 Å². The van der Waals surface area contributed by atoms with E-state index in [0.717, 1.165) is 19.4 Å². The van der Waals surface area contributed by atoms with Crippen LogP contribution in [0.1, 0.15) is 26.7 Å². The van der Waals surface area contributed by atoms with E-state index in [1.54, 1.807) is 0 Å². The van der Waals surface area contributed by atoms with Gasteiger partial charge in [0.25, 0.3) is 0 Å². The highest BCUT2D eigenvalue weighted by Gasteiger charge is 2.03. The molecule has 0 aliphatic carbocycles. The van der Waals surface area contributed by atoms with Gasteiger partial charge in [0, 0.05) is 13.2 Å². The predicted molar refractivity (Wildman–Crippen MR) is 50.0 cm³/mol. The van der Waals surface area contributed by atoms with Gasteiger partial charge in [-0.05, 0) is 18.9 Å². The van der Waals surface area contributed by atoms with Crippen molar-refractivity contribution in [3.63, 3.8) is 0 Å². The van der Waals surface area contributed by atoms with Gasteiger partial charge in [-0.2, -0.15) is 0 Å². The standard InChI is InChI=1S/C9H21NO2/c1-3-4-9(12)6-10-5-8(2)7-11/h8-12H,3-7H2,1-2H3. The minimum atomic E-state index is -0.235. The van der Waals surface area contributed by atoms with Crippen LogP contribution in [0.2, 0.25) is 0 Å². The Hall–Kier alpha value is -0.120. The maximum Gasteiger partial charge on any atom is 0.0664 e. The second-order valence-corrected chi connectivity index (χ2v) is 3.39. The highest BCUT2D eigenvalue weighted by atomic mass is 16.3. The molecule has 2 unspecified atom stereocenters. The molecule has 0 aromatic heterocycles. The molecule has 0 bridgehead atoms. The van der Waals surface area contributed by atoms with Crippen molar-refractivity contribution in [3.05, 3.63) is 0 Å². The number of aliphatic hydroxyl groups excluding tert-OH is 2. The minimum Gasteiger partial charge on any atom is -0.396 e. The van der Waals surface area contributed by atoms with Crippen molar-refractivity contribution in [2.45, 2.75) is 32.8 Å². The van der Waals surface area contributed by atoms with Gasteiger partial charge in [-0.25, -0.2) is 0 Å². The average Bonchev–Trinajstić information content (AvgIpc) is 2.04. The molecule has 12 heavy (non-hydrogen) atoms. The van der Waals surface area contributed by atoms with Gasteiger partial charge in [-0.1, -0.05) is 20.3 Å². The zero-order valence-electron chi connectivity index (χ0n) is 8.08. The number of aliphatic hydroxyl groups is 2. The second kappa shape index (κ2) is 7.53. The summed E-state index contributed by atoms with van der Waals surface area (Å²) in [7, 11) is 0. The summed E-state index contributed by atoms with van der Waals surface area (Å²) in [6.07, 6.45) is 1.62. The fourth-order valence-electron chi connectivity index (χ4n) is 0.996. The lowest BCUT2D eigenvalue weighted by atomic mass is 10.2. The van der Waals surface area contributed by atoms with Crippen molar-refractivity contribution in [1.29, 1.82) is 0 Å². The molecule has 3 nitrogen and oxygen atoms in total. The van der Waals surface area contributed by atoms with Crippen LogP contribution in [-0.2, 0) is 0 Å². The summed E-state index contributed by atoms with van der Waals surface area (Å²) in [6.45, 7) is 5.64. The third-order valence-corrected chi connectivity index (χ3v) is 1.81. The third-order valence-electron chi connectivity index (χ3n) is 1.81. The van der Waals surface area contributed by atoms with Gasteiger partial charge in [-0.3, -0.25) is 0 Å². The van der Waals surface area contributed by atoms with E-state index in [-0.39, 0.29) is 18.6 Å². The Kier molecular flexibility index (Phi) is 7.45. The Morgan fingerprint density at radius 1 is 1.33 bits per heavy atom. The fourth-order valence-corrected chi connectivity index (χ4v) is 0.996. The van der Waals surface area contributed by atoms with Crippen molar-refractivity contribution < 1.29 is 10.2 Å². The number of rotatable bonds is 7. The molecule has 0 fully saturated rings. The maximum absolute atomic E-state index is 9.31. The van der Waals surface area contributed by atoms with Crippen molar-refractivity contribution in [3.8, 4) is 0 Å². The highest BCUT2D eigenvalue weighted by molar-refractivity contribution is 4.60. The normalized spacial score (nSPS) is 16.0. The average molecular weight is 175 g/mol. The van der Waals surface area contributed by atoms with E-state index in [9.17, 15) is 5.11 Å². The maximum atomic E-state index is 9.31. The van der Waals surface area contributed by atoms with Gasteiger partial charge in [0.05, 0.1) is 6.10 Å². The summed E-state index contributed by atoms with van der Waals surface area (Å²) >= 11 is 0. The predicted octanol–water partition coefficient (Wildman–Crippen LogP) is 0.365. The zero-order valence-corrected chi connectivity index (χ0v) is 8.08. The van der Waals surface area contributed by atoms with E-state index in [0.29, 0.717) is 6.54 Å². The molecular weight excluding hydrogens is 154 g/mol. The topological polar surface area (TPSA) is 52.5 Å². The SMILES string of the molecule is CCCC(O)CNCC(C)CO. The molecule has 0 spiro atoms. The lowest BCUT2D eigenvalue weighted by Crippen LogP contribution is -2.31. The Balaban J connectivity index is 3.18. The second-order valence-electron chi connectivity index (χ2n) is 3.39. The molecule has 0 saturated carbocycles. The molecule has 0 aliphatic heterocycles. The lowest BCUT2D eigenvalue weighted by Gasteiger charge is -2.12. The Morgan fingerprint density at radius 3 is 2.50 bits per heavy atom. The fraction of sp³-hybridized carbons (Fsp3) is 1.00. The molecule has 2 atom stereocenters. The van der Waals surface area contributed by atoms with Crippen molar-refractivity contribution >= 4 is 0 Å². The number of nitrogens with one attached hydrogen (secondary N) is 1. The number of hydrogen-bond donors (Lipinski definition) is 3. The van der Waals surface area contributed by atoms with E-state index >= 15 is 0 Å². The smallest absolute Gasteiger partial charge is 0.0664 e. The van der Waals surface area contributed by atoms with Gasteiger partial charge in [-0.15, -0.1) is 0 Å². The molecule has 0 radical (unpaired) electrons.